The van der Waals surface area contributed by atoms with Crippen LogP contribution in [0.25, 0.3) is 0 Å². The van der Waals surface area contributed by atoms with E-state index in [0.717, 1.165) is 17.2 Å². The lowest BCUT2D eigenvalue weighted by Crippen LogP contribution is -1.82. The quantitative estimate of drug-likeness (QED) is 0.713. The Morgan fingerprint density at radius 3 is 2.79 bits per heavy atom. The molecule has 0 atom stereocenters. The van der Waals surface area contributed by atoms with E-state index in [1.807, 2.05) is 19.9 Å². The van der Waals surface area contributed by atoms with Gasteiger partial charge in [0.2, 0.25) is 0 Å². The van der Waals surface area contributed by atoms with Gasteiger partial charge in [0.25, 0.3) is 0 Å². The highest BCUT2D eigenvalue weighted by Crippen LogP contribution is 2.16. The number of hydrogen-bond donors (Lipinski definition) is 0. The molecule has 0 fully saturated rings. The van der Waals surface area contributed by atoms with E-state index in [9.17, 15) is 0 Å². The zero-order chi connectivity index (χ0) is 10.8. The summed E-state index contributed by atoms with van der Waals surface area (Å²) in [5.41, 5.74) is 0.684. The summed E-state index contributed by atoms with van der Waals surface area (Å²) in [6.45, 7) is 6.13. The minimum atomic E-state index is 0.684. The molecular formula is C11H16N2S. The zero-order valence-electron chi connectivity index (χ0n) is 8.95. The number of rotatable bonds is 3. The molecule has 0 N–H and O–H groups in total. The lowest BCUT2D eigenvalue weighted by molar-refractivity contribution is 1.08. The average molecular weight is 208 g/mol. The van der Waals surface area contributed by atoms with Crippen molar-refractivity contribution in [1.29, 1.82) is 5.26 Å². The molecule has 0 amide bonds. The van der Waals surface area contributed by atoms with Crippen molar-refractivity contribution in [3.05, 3.63) is 23.9 Å². The standard InChI is InChI=1S/C9H10N2S.C2H6/c1-2-5-12-9-6-8(7-10)3-4-11-9;1-2/h3-4,6H,2,5H2,1H3;1-2H3. The molecule has 1 heterocycles. The Labute approximate surface area is 90.4 Å². The van der Waals surface area contributed by atoms with Gasteiger partial charge in [-0.05, 0) is 24.3 Å². The fourth-order valence-electron chi connectivity index (χ4n) is 0.765. The van der Waals surface area contributed by atoms with Crippen molar-refractivity contribution in [3.8, 4) is 6.07 Å². The molecule has 0 aliphatic heterocycles. The second-order valence-corrected chi connectivity index (χ2v) is 3.46. The summed E-state index contributed by atoms with van der Waals surface area (Å²) in [6, 6.07) is 5.63. The van der Waals surface area contributed by atoms with E-state index < -0.39 is 0 Å². The Bertz CT molecular complexity index is 292. The maximum atomic E-state index is 8.60. The largest absolute Gasteiger partial charge is 0.250 e. The third kappa shape index (κ3) is 4.88. The summed E-state index contributed by atoms with van der Waals surface area (Å²) in [5.74, 6) is 1.06. The maximum absolute atomic E-state index is 8.60. The van der Waals surface area contributed by atoms with Crippen molar-refractivity contribution >= 4 is 11.8 Å². The molecule has 0 spiro atoms. The molecule has 2 nitrogen and oxygen atoms in total. The fourth-order valence-corrected chi connectivity index (χ4v) is 1.52. The predicted octanol–water partition coefficient (Wildman–Crippen LogP) is 3.48. The first-order valence-electron chi connectivity index (χ1n) is 4.85. The molecule has 0 bridgehead atoms. The average Bonchev–Trinajstić information content (AvgIpc) is 2.29. The molecule has 1 aromatic rings. The zero-order valence-corrected chi connectivity index (χ0v) is 9.77. The van der Waals surface area contributed by atoms with Crippen LogP contribution in [0.3, 0.4) is 0 Å². The Kier molecular flexibility index (Phi) is 7.96. The highest BCUT2D eigenvalue weighted by Gasteiger charge is 1.95. The van der Waals surface area contributed by atoms with Crippen molar-refractivity contribution in [1.82, 2.24) is 4.98 Å². The van der Waals surface area contributed by atoms with Crippen LogP contribution in [0.1, 0.15) is 32.8 Å². The van der Waals surface area contributed by atoms with E-state index >= 15 is 0 Å². The first kappa shape index (κ1) is 13.0. The number of nitriles is 1. The maximum Gasteiger partial charge on any atom is 0.0993 e. The second kappa shape index (κ2) is 8.58. The third-order valence-electron chi connectivity index (χ3n) is 1.32. The van der Waals surface area contributed by atoms with Crippen LogP contribution in [0.4, 0.5) is 0 Å². The molecule has 1 aromatic heterocycles. The smallest absolute Gasteiger partial charge is 0.0993 e. The Morgan fingerprint density at radius 2 is 2.21 bits per heavy atom. The number of hydrogen-bond acceptors (Lipinski definition) is 3. The molecule has 0 saturated carbocycles. The molecule has 0 aliphatic carbocycles. The van der Waals surface area contributed by atoms with Gasteiger partial charge in [-0.3, -0.25) is 0 Å². The van der Waals surface area contributed by atoms with Gasteiger partial charge in [-0.25, -0.2) is 4.98 Å². The molecule has 1 rings (SSSR count). The van der Waals surface area contributed by atoms with Crippen LogP contribution in [0.15, 0.2) is 23.4 Å². The van der Waals surface area contributed by atoms with Crippen molar-refractivity contribution in [2.75, 3.05) is 5.75 Å². The Morgan fingerprint density at radius 1 is 1.50 bits per heavy atom. The molecule has 0 saturated heterocycles. The van der Waals surface area contributed by atoms with Gasteiger partial charge < -0.3 is 0 Å². The van der Waals surface area contributed by atoms with Crippen LogP contribution >= 0.6 is 11.8 Å². The summed E-state index contributed by atoms with van der Waals surface area (Å²) in [4.78, 5) is 4.14. The summed E-state index contributed by atoms with van der Waals surface area (Å²) in [6.07, 6.45) is 2.81. The van der Waals surface area contributed by atoms with Crippen LogP contribution in [-0.4, -0.2) is 10.7 Å². The Hall–Kier alpha value is -1.01. The highest BCUT2D eigenvalue weighted by molar-refractivity contribution is 7.99. The van der Waals surface area contributed by atoms with E-state index in [-0.39, 0.29) is 0 Å². The normalized spacial score (nSPS) is 8.43. The van der Waals surface area contributed by atoms with Crippen LogP contribution < -0.4 is 0 Å². The molecular weight excluding hydrogens is 192 g/mol. The van der Waals surface area contributed by atoms with Gasteiger partial charge in [-0.1, -0.05) is 20.8 Å². The first-order valence-corrected chi connectivity index (χ1v) is 5.84. The number of thioether (sulfide) groups is 1. The lowest BCUT2D eigenvalue weighted by Gasteiger charge is -1.97. The lowest BCUT2D eigenvalue weighted by atomic mass is 10.3. The number of nitrogens with zero attached hydrogens (tertiary/aromatic N) is 2. The van der Waals surface area contributed by atoms with Crippen molar-refractivity contribution in [2.24, 2.45) is 0 Å². The van der Waals surface area contributed by atoms with E-state index in [1.54, 1.807) is 24.0 Å². The van der Waals surface area contributed by atoms with Gasteiger partial charge in [0.1, 0.15) is 0 Å². The van der Waals surface area contributed by atoms with Gasteiger partial charge in [-0.2, -0.15) is 5.26 Å². The van der Waals surface area contributed by atoms with Crippen LogP contribution in [0.5, 0.6) is 0 Å². The van der Waals surface area contributed by atoms with Gasteiger partial charge in [0, 0.05) is 6.20 Å². The minimum Gasteiger partial charge on any atom is -0.250 e. The topological polar surface area (TPSA) is 36.7 Å². The van der Waals surface area contributed by atoms with E-state index in [1.165, 1.54) is 0 Å². The summed E-state index contributed by atoms with van der Waals surface area (Å²) in [5, 5.41) is 9.54. The summed E-state index contributed by atoms with van der Waals surface area (Å²) < 4.78 is 0. The van der Waals surface area contributed by atoms with Crippen LogP contribution in [-0.2, 0) is 0 Å². The van der Waals surface area contributed by atoms with Gasteiger partial charge in [0.05, 0.1) is 16.7 Å². The SMILES string of the molecule is CC.CCCSc1cc(C#N)ccn1. The molecule has 0 aliphatic rings. The van der Waals surface area contributed by atoms with Crippen LogP contribution in [0, 0.1) is 11.3 Å². The van der Waals surface area contributed by atoms with Gasteiger partial charge in [0.15, 0.2) is 0 Å². The minimum absolute atomic E-state index is 0.684. The number of aromatic nitrogens is 1. The molecule has 14 heavy (non-hydrogen) atoms. The van der Waals surface area contributed by atoms with E-state index in [0.29, 0.717) is 5.56 Å². The van der Waals surface area contributed by atoms with E-state index in [2.05, 4.69) is 18.0 Å². The molecule has 0 aromatic carbocycles. The predicted molar refractivity (Wildman–Crippen MR) is 61.3 cm³/mol. The fraction of sp³-hybridized carbons (Fsp3) is 0.455. The van der Waals surface area contributed by atoms with Crippen LogP contribution in [0.2, 0.25) is 0 Å². The molecule has 76 valence electrons. The van der Waals surface area contributed by atoms with Crippen molar-refractivity contribution in [3.63, 3.8) is 0 Å². The molecule has 0 radical (unpaired) electrons. The first-order chi connectivity index (χ1) is 6.86. The highest BCUT2D eigenvalue weighted by atomic mass is 32.2. The van der Waals surface area contributed by atoms with E-state index in [4.69, 9.17) is 5.26 Å². The number of pyridine rings is 1. The Balaban J connectivity index is 0.000000791. The third-order valence-corrected chi connectivity index (χ3v) is 2.45. The van der Waals surface area contributed by atoms with Gasteiger partial charge in [-0.15, -0.1) is 11.8 Å². The van der Waals surface area contributed by atoms with Gasteiger partial charge >= 0.3 is 0 Å². The molecule has 3 heteroatoms. The van der Waals surface area contributed by atoms with Crippen molar-refractivity contribution in [2.45, 2.75) is 32.2 Å². The molecule has 0 unspecified atom stereocenters. The second-order valence-electron chi connectivity index (χ2n) is 2.34. The monoisotopic (exact) mass is 208 g/mol. The summed E-state index contributed by atoms with van der Waals surface area (Å²) >= 11 is 1.69. The summed E-state index contributed by atoms with van der Waals surface area (Å²) in [7, 11) is 0. The van der Waals surface area contributed by atoms with Crippen molar-refractivity contribution < 1.29 is 0 Å².